The van der Waals surface area contributed by atoms with E-state index in [-0.39, 0.29) is 5.82 Å². The lowest BCUT2D eigenvalue weighted by Gasteiger charge is -2.06. The summed E-state index contributed by atoms with van der Waals surface area (Å²) >= 11 is 0. The molecule has 0 aliphatic heterocycles. The molecule has 0 aliphatic carbocycles. The number of nitriles is 1. The number of nitrogens with one attached hydrogen (secondary N) is 1. The second kappa shape index (κ2) is 4.46. The van der Waals surface area contributed by atoms with Gasteiger partial charge in [-0.3, -0.25) is 0 Å². The molecule has 0 aliphatic rings. The summed E-state index contributed by atoms with van der Waals surface area (Å²) in [5, 5.41) is 11.4. The van der Waals surface area contributed by atoms with E-state index in [2.05, 4.69) is 5.32 Å². The molecule has 0 bridgehead atoms. The van der Waals surface area contributed by atoms with Gasteiger partial charge in [0.05, 0.1) is 12.5 Å². The lowest BCUT2D eigenvalue weighted by Crippen LogP contribution is -2.01. The van der Waals surface area contributed by atoms with Crippen LogP contribution in [-0.4, -0.2) is 6.54 Å². The van der Waals surface area contributed by atoms with Gasteiger partial charge in [0.15, 0.2) is 0 Å². The SMILES string of the molecule is Cc1cc(F)ccc1NCCC#N. The quantitative estimate of drug-likeness (QED) is 0.721. The number of benzene rings is 1. The van der Waals surface area contributed by atoms with Gasteiger partial charge in [-0.05, 0) is 30.7 Å². The van der Waals surface area contributed by atoms with Gasteiger partial charge in [0, 0.05) is 12.2 Å². The summed E-state index contributed by atoms with van der Waals surface area (Å²) < 4.78 is 12.7. The number of hydrogen-bond donors (Lipinski definition) is 1. The van der Waals surface area contributed by atoms with Crippen LogP contribution in [0.3, 0.4) is 0 Å². The lowest BCUT2D eigenvalue weighted by atomic mass is 10.2. The Morgan fingerprint density at radius 1 is 1.54 bits per heavy atom. The van der Waals surface area contributed by atoms with E-state index in [9.17, 15) is 4.39 Å². The molecule has 0 atom stereocenters. The predicted molar refractivity (Wildman–Crippen MR) is 49.9 cm³/mol. The highest BCUT2D eigenvalue weighted by molar-refractivity contribution is 5.50. The first-order chi connectivity index (χ1) is 6.24. The van der Waals surface area contributed by atoms with Gasteiger partial charge < -0.3 is 5.32 Å². The average molecular weight is 178 g/mol. The van der Waals surface area contributed by atoms with Gasteiger partial charge >= 0.3 is 0 Å². The van der Waals surface area contributed by atoms with Crippen molar-refractivity contribution in [2.24, 2.45) is 0 Å². The first-order valence-corrected chi connectivity index (χ1v) is 4.11. The van der Waals surface area contributed by atoms with Crippen LogP contribution in [0.15, 0.2) is 18.2 Å². The van der Waals surface area contributed by atoms with E-state index in [1.165, 1.54) is 12.1 Å². The van der Waals surface area contributed by atoms with Crippen molar-refractivity contribution in [2.45, 2.75) is 13.3 Å². The van der Waals surface area contributed by atoms with Crippen LogP contribution >= 0.6 is 0 Å². The van der Waals surface area contributed by atoms with E-state index < -0.39 is 0 Å². The normalized spacial score (nSPS) is 9.31. The molecule has 1 rings (SSSR count). The Bertz CT molecular complexity index is 328. The van der Waals surface area contributed by atoms with Crippen LogP contribution in [0, 0.1) is 24.1 Å². The van der Waals surface area contributed by atoms with Gasteiger partial charge in [0.2, 0.25) is 0 Å². The van der Waals surface area contributed by atoms with Crippen LogP contribution in [0.25, 0.3) is 0 Å². The first kappa shape index (κ1) is 9.53. The third kappa shape index (κ3) is 2.75. The molecule has 13 heavy (non-hydrogen) atoms. The van der Waals surface area contributed by atoms with Crippen molar-refractivity contribution in [1.82, 2.24) is 0 Å². The minimum absolute atomic E-state index is 0.233. The number of anilines is 1. The molecular weight excluding hydrogens is 167 g/mol. The number of aryl methyl sites for hydroxylation is 1. The fourth-order valence-electron chi connectivity index (χ4n) is 1.08. The Morgan fingerprint density at radius 2 is 2.31 bits per heavy atom. The van der Waals surface area contributed by atoms with E-state index in [0.717, 1.165) is 11.3 Å². The van der Waals surface area contributed by atoms with Crippen molar-refractivity contribution in [3.05, 3.63) is 29.6 Å². The summed E-state index contributed by atoms with van der Waals surface area (Å²) in [7, 11) is 0. The van der Waals surface area contributed by atoms with Crippen LogP contribution in [0.5, 0.6) is 0 Å². The van der Waals surface area contributed by atoms with Gasteiger partial charge in [-0.15, -0.1) is 0 Å². The minimum Gasteiger partial charge on any atom is -0.384 e. The topological polar surface area (TPSA) is 35.8 Å². The highest BCUT2D eigenvalue weighted by Crippen LogP contribution is 2.15. The smallest absolute Gasteiger partial charge is 0.123 e. The van der Waals surface area contributed by atoms with Gasteiger partial charge in [-0.25, -0.2) is 4.39 Å². The third-order valence-corrected chi connectivity index (χ3v) is 1.74. The van der Waals surface area contributed by atoms with E-state index >= 15 is 0 Å². The van der Waals surface area contributed by atoms with E-state index in [4.69, 9.17) is 5.26 Å². The highest BCUT2D eigenvalue weighted by Gasteiger charge is 1.97. The van der Waals surface area contributed by atoms with Crippen LogP contribution in [0.4, 0.5) is 10.1 Å². The Morgan fingerprint density at radius 3 is 2.92 bits per heavy atom. The second-order valence-corrected chi connectivity index (χ2v) is 2.79. The lowest BCUT2D eigenvalue weighted by molar-refractivity contribution is 0.627. The molecule has 0 fully saturated rings. The largest absolute Gasteiger partial charge is 0.384 e. The zero-order valence-corrected chi connectivity index (χ0v) is 7.47. The van der Waals surface area contributed by atoms with Crippen LogP contribution in [0.2, 0.25) is 0 Å². The summed E-state index contributed by atoms with van der Waals surface area (Å²) in [5.41, 5.74) is 1.74. The monoisotopic (exact) mass is 178 g/mol. The average Bonchev–Trinajstić information content (AvgIpc) is 2.09. The summed E-state index contributed by atoms with van der Waals surface area (Å²) in [4.78, 5) is 0. The minimum atomic E-state index is -0.233. The molecule has 0 saturated carbocycles. The third-order valence-electron chi connectivity index (χ3n) is 1.74. The standard InChI is InChI=1S/C10H11FN2/c1-8-7-9(11)3-4-10(8)13-6-2-5-12/h3-4,7,13H,2,6H2,1H3. The summed E-state index contributed by atoms with van der Waals surface area (Å²) in [6.07, 6.45) is 0.455. The molecular formula is C10H11FN2. The fraction of sp³-hybridized carbons (Fsp3) is 0.300. The zero-order valence-electron chi connectivity index (χ0n) is 7.47. The van der Waals surface area contributed by atoms with Crippen LogP contribution < -0.4 is 5.32 Å². The van der Waals surface area contributed by atoms with Gasteiger partial charge in [-0.2, -0.15) is 5.26 Å². The number of halogens is 1. The number of hydrogen-bond acceptors (Lipinski definition) is 2. The number of rotatable bonds is 3. The molecule has 68 valence electrons. The molecule has 1 N–H and O–H groups in total. The number of nitrogens with zero attached hydrogens (tertiary/aromatic N) is 1. The Labute approximate surface area is 77.0 Å². The second-order valence-electron chi connectivity index (χ2n) is 2.79. The molecule has 0 aromatic heterocycles. The maximum atomic E-state index is 12.7. The predicted octanol–water partition coefficient (Wildman–Crippen LogP) is 2.46. The van der Waals surface area contributed by atoms with Crippen LogP contribution in [-0.2, 0) is 0 Å². The maximum Gasteiger partial charge on any atom is 0.123 e. The van der Waals surface area contributed by atoms with Gasteiger partial charge in [0.25, 0.3) is 0 Å². The molecule has 1 aromatic carbocycles. The molecule has 0 heterocycles. The molecule has 0 radical (unpaired) electrons. The molecule has 0 unspecified atom stereocenters. The molecule has 0 spiro atoms. The maximum absolute atomic E-state index is 12.7. The van der Waals surface area contributed by atoms with Crippen molar-refractivity contribution in [2.75, 3.05) is 11.9 Å². The molecule has 0 amide bonds. The van der Waals surface area contributed by atoms with Gasteiger partial charge in [0.1, 0.15) is 5.82 Å². The van der Waals surface area contributed by atoms with Crippen molar-refractivity contribution in [3.8, 4) is 6.07 Å². The highest BCUT2D eigenvalue weighted by atomic mass is 19.1. The Balaban J connectivity index is 2.62. The Kier molecular flexibility index (Phi) is 3.27. The van der Waals surface area contributed by atoms with Crippen molar-refractivity contribution >= 4 is 5.69 Å². The van der Waals surface area contributed by atoms with E-state index in [1.807, 2.05) is 13.0 Å². The van der Waals surface area contributed by atoms with Crippen molar-refractivity contribution in [1.29, 1.82) is 5.26 Å². The molecule has 3 heteroatoms. The van der Waals surface area contributed by atoms with E-state index in [1.54, 1.807) is 6.07 Å². The van der Waals surface area contributed by atoms with Gasteiger partial charge in [-0.1, -0.05) is 0 Å². The summed E-state index contributed by atoms with van der Waals surface area (Å²) in [5.74, 6) is -0.233. The molecule has 0 saturated heterocycles. The Hall–Kier alpha value is -1.56. The van der Waals surface area contributed by atoms with Crippen molar-refractivity contribution in [3.63, 3.8) is 0 Å². The molecule has 1 aromatic rings. The van der Waals surface area contributed by atoms with Crippen LogP contribution in [0.1, 0.15) is 12.0 Å². The summed E-state index contributed by atoms with van der Waals surface area (Å²) in [6.45, 7) is 2.43. The fourth-order valence-corrected chi connectivity index (χ4v) is 1.08. The van der Waals surface area contributed by atoms with E-state index in [0.29, 0.717) is 13.0 Å². The summed E-state index contributed by atoms with van der Waals surface area (Å²) in [6, 6.07) is 6.59. The zero-order chi connectivity index (χ0) is 9.68. The molecule has 2 nitrogen and oxygen atoms in total. The first-order valence-electron chi connectivity index (χ1n) is 4.11. The van der Waals surface area contributed by atoms with Crippen molar-refractivity contribution < 1.29 is 4.39 Å².